The molecule has 3 unspecified atom stereocenters. The van der Waals surface area contributed by atoms with Gasteiger partial charge in [-0.3, -0.25) is 37.3 Å². The highest BCUT2D eigenvalue weighted by Crippen LogP contribution is 2.45. The van der Waals surface area contributed by atoms with Gasteiger partial charge in [-0.15, -0.1) is 0 Å². The van der Waals surface area contributed by atoms with Gasteiger partial charge in [0.15, 0.2) is 12.2 Å². The van der Waals surface area contributed by atoms with Crippen molar-refractivity contribution in [3.8, 4) is 0 Å². The number of carbonyl (C=O) groups is 4. The number of esters is 4. The van der Waals surface area contributed by atoms with Crippen LogP contribution in [0.5, 0.6) is 0 Å². The maximum atomic E-state index is 13.1. The number of carbonyl (C=O) groups excluding carboxylic acids is 4. The minimum Gasteiger partial charge on any atom is -0.462 e. The lowest BCUT2D eigenvalue weighted by atomic mass is 10.00. The Morgan fingerprint density at radius 3 is 0.826 bits per heavy atom. The fourth-order valence-electron chi connectivity index (χ4n) is 11.0. The second-order valence-electron chi connectivity index (χ2n) is 27.5. The molecule has 0 aromatic carbocycles. The smallest absolute Gasteiger partial charge is 0.462 e. The van der Waals surface area contributed by atoms with E-state index in [9.17, 15) is 43.2 Å². The van der Waals surface area contributed by atoms with Gasteiger partial charge in [-0.2, -0.15) is 0 Å². The van der Waals surface area contributed by atoms with Crippen LogP contribution in [0.1, 0.15) is 370 Å². The molecule has 0 saturated heterocycles. The summed E-state index contributed by atoms with van der Waals surface area (Å²) in [7, 11) is -9.90. The lowest BCUT2D eigenvalue weighted by Crippen LogP contribution is -2.30. The van der Waals surface area contributed by atoms with Crippen LogP contribution in [0.15, 0.2) is 0 Å². The minimum atomic E-state index is -4.96. The van der Waals surface area contributed by atoms with E-state index in [1.807, 2.05) is 0 Å². The number of aliphatic hydroxyl groups is 1. The highest BCUT2D eigenvalue weighted by atomic mass is 31.2. The Labute approximate surface area is 562 Å². The van der Waals surface area contributed by atoms with E-state index in [1.165, 1.54) is 173 Å². The van der Waals surface area contributed by atoms with Gasteiger partial charge in [-0.05, 0) is 43.4 Å². The molecule has 3 N–H and O–H groups in total. The molecule has 0 amide bonds. The maximum absolute atomic E-state index is 13.1. The van der Waals surface area contributed by atoms with E-state index < -0.39 is 97.5 Å². The molecule has 0 aromatic heterocycles. The molecule has 0 fully saturated rings. The molecule has 92 heavy (non-hydrogen) atoms. The second kappa shape index (κ2) is 63.8. The first-order chi connectivity index (χ1) is 44.3. The monoisotopic (exact) mass is 1350 g/mol. The van der Waals surface area contributed by atoms with E-state index in [0.29, 0.717) is 31.6 Å². The quantitative estimate of drug-likeness (QED) is 0.0222. The van der Waals surface area contributed by atoms with E-state index in [-0.39, 0.29) is 25.7 Å². The van der Waals surface area contributed by atoms with Crippen molar-refractivity contribution in [2.45, 2.75) is 388 Å². The Balaban J connectivity index is 5.21. The molecule has 0 bridgehead atoms. The third kappa shape index (κ3) is 65.4. The van der Waals surface area contributed by atoms with E-state index in [2.05, 4.69) is 48.5 Å². The molecule has 546 valence electrons. The van der Waals surface area contributed by atoms with E-state index in [1.54, 1.807) is 0 Å². The molecule has 0 aliphatic carbocycles. The zero-order valence-electron chi connectivity index (χ0n) is 60.0. The summed E-state index contributed by atoms with van der Waals surface area (Å²) in [5.41, 5.74) is 0. The van der Waals surface area contributed by atoms with Crippen LogP contribution in [0.25, 0.3) is 0 Å². The average Bonchev–Trinajstić information content (AvgIpc) is 1.90. The zero-order valence-corrected chi connectivity index (χ0v) is 61.8. The standard InChI is InChI=1S/C73H142O17P2/c1-8-10-11-12-13-14-15-16-17-18-19-20-21-22-25-29-32-42-49-56-72(77)89-68(60-83-70(75)54-47-40-31-28-26-23-24-27-30-37-44-51-64(3)4)62-87-91(79,80)85-58-67(74)59-86-92(81,82)88-63-69(61-84-71(76)55-48-41-35-33-38-45-52-65(5)6)90-73(78)57-50-43-36-34-39-46-53-66(7)9-2/h64-69,74H,8-63H2,1-7H3,(H,79,80)(H,81,82)/t66?,67-,68-,69-/m1/s1. The number of aliphatic hydroxyl groups excluding tert-OH is 1. The predicted octanol–water partition coefficient (Wildman–Crippen LogP) is 21.0. The van der Waals surface area contributed by atoms with Gasteiger partial charge in [0.05, 0.1) is 26.4 Å². The number of phosphoric ester groups is 2. The van der Waals surface area contributed by atoms with Crippen molar-refractivity contribution in [1.29, 1.82) is 0 Å². The first-order valence-electron chi connectivity index (χ1n) is 37.9. The number of ether oxygens (including phenoxy) is 4. The highest BCUT2D eigenvalue weighted by Gasteiger charge is 2.30. The fraction of sp³-hybridized carbons (Fsp3) is 0.945. The van der Waals surface area contributed by atoms with Gasteiger partial charge in [-0.25, -0.2) is 9.13 Å². The van der Waals surface area contributed by atoms with Crippen LogP contribution in [-0.4, -0.2) is 96.7 Å². The van der Waals surface area contributed by atoms with Crippen LogP contribution in [0.2, 0.25) is 0 Å². The van der Waals surface area contributed by atoms with Crippen LogP contribution < -0.4 is 0 Å². The summed E-state index contributed by atoms with van der Waals surface area (Å²) in [5, 5.41) is 10.6. The zero-order chi connectivity index (χ0) is 68.0. The number of hydrogen-bond donors (Lipinski definition) is 3. The van der Waals surface area contributed by atoms with Crippen molar-refractivity contribution >= 4 is 39.5 Å². The normalized spacial score (nSPS) is 14.4. The molecule has 0 saturated carbocycles. The lowest BCUT2D eigenvalue weighted by molar-refractivity contribution is -0.161. The van der Waals surface area contributed by atoms with Gasteiger partial charge in [0, 0.05) is 25.7 Å². The number of phosphoric acid groups is 2. The van der Waals surface area contributed by atoms with Crippen molar-refractivity contribution in [2.75, 3.05) is 39.6 Å². The summed E-state index contributed by atoms with van der Waals surface area (Å²) in [6, 6.07) is 0. The summed E-state index contributed by atoms with van der Waals surface area (Å²) < 4.78 is 68.3. The molecule has 0 heterocycles. The van der Waals surface area contributed by atoms with E-state index >= 15 is 0 Å². The Morgan fingerprint density at radius 1 is 0.315 bits per heavy atom. The first-order valence-corrected chi connectivity index (χ1v) is 40.9. The molecule has 0 rings (SSSR count). The Bertz CT molecular complexity index is 1800. The van der Waals surface area contributed by atoms with Gasteiger partial charge in [0.1, 0.15) is 19.3 Å². The topological polar surface area (TPSA) is 237 Å². The van der Waals surface area contributed by atoms with Crippen molar-refractivity contribution in [1.82, 2.24) is 0 Å². The molecule has 17 nitrogen and oxygen atoms in total. The summed E-state index contributed by atoms with van der Waals surface area (Å²) >= 11 is 0. The van der Waals surface area contributed by atoms with Crippen LogP contribution in [-0.2, 0) is 65.4 Å². The molecule has 19 heteroatoms. The van der Waals surface area contributed by atoms with Crippen molar-refractivity contribution < 1.29 is 80.2 Å². The highest BCUT2D eigenvalue weighted by molar-refractivity contribution is 7.47. The minimum absolute atomic E-state index is 0.102. The molecule has 0 aliphatic heterocycles. The Hall–Kier alpha value is -1.94. The molecule has 6 atom stereocenters. The average molecular weight is 1350 g/mol. The SMILES string of the molecule is CCCCCCCCCCCCCCCCCCCCCC(=O)O[C@H](COC(=O)CCCCCCCCCCCCCC(C)C)COP(=O)(O)OC[C@@H](O)COP(=O)(O)OC[C@@H](COC(=O)CCCCCCCCC(C)C)OC(=O)CCCCCCCCC(C)CC. The third-order valence-electron chi connectivity index (χ3n) is 17.2. The molecular weight excluding hydrogens is 1210 g/mol. The fourth-order valence-corrected chi connectivity index (χ4v) is 12.6. The van der Waals surface area contributed by atoms with Gasteiger partial charge in [0.25, 0.3) is 0 Å². The van der Waals surface area contributed by atoms with Gasteiger partial charge >= 0.3 is 39.5 Å². The van der Waals surface area contributed by atoms with Crippen molar-refractivity contribution in [3.63, 3.8) is 0 Å². The van der Waals surface area contributed by atoms with Crippen LogP contribution in [0.3, 0.4) is 0 Å². The van der Waals surface area contributed by atoms with Gasteiger partial charge in [-0.1, -0.05) is 318 Å². The second-order valence-corrected chi connectivity index (χ2v) is 30.4. The van der Waals surface area contributed by atoms with E-state index in [4.69, 9.17) is 37.0 Å². The number of unbranched alkanes of at least 4 members (excludes halogenated alkanes) is 38. The molecule has 0 aliphatic rings. The lowest BCUT2D eigenvalue weighted by Gasteiger charge is -2.21. The summed E-state index contributed by atoms with van der Waals surface area (Å²) in [4.78, 5) is 72.6. The van der Waals surface area contributed by atoms with Crippen molar-refractivity contribution in [3.05, 3.63) is 0 Å². The summed E-state index contributed by atoms with van der Waals surface area (Å²) in [6.45, 7) is 11.7. The first kappa shape index (κ1) is 90.1. The molecular formula is C73H142O17P2. The largest absolute Gasteiger partial charge is 0.472 e. The Kier molecular flexibility index (Phi) is 62.4. The van der Waals surface area contributed by atoms with Crippen LogP contribution in [0, 0.1) is 17.8 Å². The third-order valence-corrected chi connectivity index (χ3v) is 19.1. The van der Waals surface area contributed by atoms with Crippen LogP contribution in [0.4, 0.5) is 0 Å². The van der Waals surface area contributed by atoms with Crippen molar-refractivity contribution in [2.24, 2.45) is 17.8 Å². The Morgan fingerprint density at radius 2 is 0.554 bits per heavy atom. The molecule has 0 radical (unpaired) electrons. The number of rotatable bonds is 71. The number of hydrogen-bond acceptors (Lipinski definition) is 15. The summed E-state index contributed by atoms with van der Waals surface area (Å²) in [5.74, 6) is 0.0430. The van der Waals surface area contributed by atoms with Crippen LogP contribution >= 0.6 is 15.6 Å². The van der Waals surface area contributed by atoms with Gasteiger partial charge < -0.3 is 33.8 Å². The predicted molar refractivity (Wildman–Crippen MR) is 372 cm³/mol. The van der Waals surface area contributed by atoms with E-state index in [0.717, 1.165) is 108 Å². The summed E-state index contributed by atoms with van der Waals surface area (Å²) in [6.07, 6.45) is 48.9. The van der Waals surface area contributed by atoms with Gasteiger partial charge in [0.2, 0.25) is 0 Å². The molecule has 0 spiro atoms. The maximum Gasteiger partial charge on any atom is 0.472 e. The molecule has 0 aromatic rings.